The summed E-state index contributed by atoms with van der Waals surface area (Å²) in [4.78, 5) is 89.0. The van der Waals surface area contributed by atoms with E-state index >= 15 is 0 Å². The maximum absolute atomic E-state index is 12.9. The lowest BCUT2D eigenvalue weighted by atomic mass is 10.1. The minimum absolute atomic E-state index is 0.199. The normalized spacial score (nSPS) is 13.9. The van der Waals surface area contributed by atoms with E-state index in [1.165, 1.54) is 12.5 Å². The Labute approximate surface area is 209 Å². The molecule has 0 saturated carbocycles. The van der Waals surface area contributed by atoms with Crippen LogP contribution in [0, 0.1) is 0 Å². The Morgan fingerprint density at radius 1 is 0.838 bits per heavy atom. The number of nitrogens with one attached hydrogen (secondary N) is 4. The molecule has 4 amide bonds. The maximum Gasteiger partial charge on any atom is 0.326 e. The summed E-state index contributed by atoms with van der Waals surface area (Å²) < 4.78 is 0. The van der Waals surface area contributed by atoms with Crippen molar-refractivity contribution in [2.24, 2.45) is 11.5 Å². The number of rotatable bonds is 17. The predicted molar refractivity (Wildman–Crippen MR) is 121 cm³/mol. The summed E-state index contributed by atoms with van der Waals surface area (Å²) in [6.07, 6.45) is -0.194. The van der Waals surface area contributed by atoms with Crippen molar-refractivity contribution in [1.29, 1.82) is 0 Å². The van der Waals surface area contributed by atoms with Crippen molar-refractivity contribution in [3.05, 3.63) is 18.2 Å². The quantitative estimate of drug-likeness (QED) is 0.0950. The summed E-state index contributed by atoms with van der Waals surface area (Å²) in [6, 6.07) is -6.01. The maximum atomic E-state index is 12.9. The van der Waals surface area contributed by atoms with Gasteiger partial charge in [0.1, 0.15) is 18.1 Å². The van der Waals surface area contributed by atoms with Gasteiger partial charge in [0.2, 0.25) is 23.6 Å². The zero-order chi connectivity index (χ0) is 28.1. The molecular weight excluding hydrogens is 498 g/mol. The van der Waals surface area contributed by atoms with Gasteiger partial charge in [0.25, 0.3) is 0 Å². The molecule has 37 heavy (non-hydrogen) atoms. The number of hydrogen-bond acceptors (Lipinski definition) is 9. The molecule has 11 N–H and O–H groups in total. The number of H-pyrrole nitrogens is 1. The van der Waals surface area contributed by atoms with Crippen LogP contribution in [0.2, 0.25) is 0 Å². The lowest BCUT2D eigenvalue weighted by Crippen LogP contribution is -2.57. The van der Waals surface area contributed by atoms with E-state index in [0.29, 0.717) is 5.69 Å². The van der Waals surface area contributed by atoms with Crippen LogP contribution in [0.5, 0.6) is 0 Å². The van der Waals surface area contributed by atoms with Crippen LogP contribution in [0.1, 0.15) is 37.8 Å². The van der Waals surface area contributed by atoms with E-state index in [1.54, 1.807) is 0 Å². The molecule has 4 unspecified atom stereocenters. The monoisotopic (exact) mass is 527 g/mol. The van der Waals surface area contributed by atoms with Gasteiger partial charge in [-0.05, 0) is 12.8 Å². The fraction of sp³-hybridized carbons (Fsp3) is 0.500. The SMILES string of the molecule is NC(=O)CC(N)C(=O)NC(CCC(=O)O)C(=O)NC(CCC(=O)O)C(=O)NC(Cc1cnc[nH]1)C(=O)O. The van der Waals surface area contributed by atoms with Crippen molar-refractivity contribution in [3.8, 4) is 0 Å². The Kier molecular flexibility index (Phi) is 12.2. The molecule has 204 valence electrons. The highest BCUT2D eigenvalue weighted by atomic mass is 16.4. The van der Waals surface area contributed by atoms with Crippen molar-refractivity contribution < 1.29 is 48.9 Å². The summed E-state index contributed by atoms with van der Waals surface area (Å²) in [5.41, 5.74) is 10.9. The van der Waals surface area contributed by atoms with Gasteiger partial charge in [-0.3, -0.25) is 28.8 Å². The van der Waals surface area contributed by atoms with Crippen molar-refractivity contribution in [1.82, 2.24) is 25.9 Å². The van der Waals surface area contributed by atoms with E-state index in [0.717, 1.165) is 0 Å². The van der Waals surface area contributed by atoms with E-state index in [2.05, 4.69) is 25.9 Å². The highest BCUT2D eigenvalue weighted by molar-refractivity contribution is 5.95. The van der Waals surface area contributed by atoms with Gasteiger partial charge in [-0.1, -0.05) is 0 Å². The van der Waals surface area contributed by atoms with Crippen LogP contribution in [0.25, 0.3) is 0 Å². The van der Waals surface area contributed by atoms with Crippen molar-refractivity contribution in [2.75, 3.05) is 0 Å². The lowest BCUT2D eigenvalue weighted by Gasteiger charge is -2.24. The van der Waals surface area contributed by atoms with E-state index in [-0.39, 0.29) is 6.42 Å². The van der Waals surface area contributed by atoms with Crippen molar-refractivity contribution in [3.63, 3.8) is 0 Å². The summed E-state index contributed by atoms with van der Waals surface area (Å²) >= 11 is 0. The predicted octanol–water partition coefficient (Wildman–Crippen LogP) is -3.58. The molecule has 0 bridgehead atoms. The van der Waals surface area contributed by atoms with Gasteiger partial charge in [-0.25, -0.2) is 9.78 Å². The highest BCUT2D eigenvalue weighted by Gasteiger charge is 2.31. The number of hydrogen-bond donors (Lipinski definition) is 9. The third-order valence-electron chi connectivity index (χ3n) is 4.91. The van der Waals surface area contributed by atoms with Crippen LogP contribution in [-0.2, 0) is 40.0 Å². The number of imidazole rings is 1. The standard InChI is InChI=1S/C20H29N7O10/c21-10(6-14(22)28)17(33)25-11(1-3-15(29)30)18(34)26-12(2-4-16(31)32)19(35)27-13(20(36)37)5-9-7-23-8-24-9/h7-8,10-13H,1-6,21H2,(H2,22,28)(H,23,24)(H,25,33)(H,26,34)(H,27,35)(H,29,30)(H,31,32)(H,36,37). The molecule has 4 atom stereocenters. The number of nitrogens with two attached hydrogens (primary N) is 2. The smallest absolute Gasteiger partial charge is 0.326 e. The molecule has 0 aliphatic rings. The van der Waals surface area contributed by atoms with E-state index in [9.17, 15) is 38.7 Å². The molecule has 0 radical (unpaired) electrons. The van der Waals surface area contributed by atoms with Crippen LogP contribution < -0.4 is 27.4 Å². The number of aromatic nitrogens is 2. The zero-order valence-electron chi connectivity index (χ0n) is 19.5. The van der Waals surface area contributed by atoms with Crippen LogP contribution in [-0.4, -0.2) is 91.0 Å². The first-order valence-electron chi connectivity index (χ1n) is 10.9. The van der Waals surface area contributed by atoms with Crippen LogP contribution in [0.15, 0.2) is 12.5 Å². The number of amides is 4. The van der Waals surface area contributed by atoms with Gasteiger partial charge in [0, 0.05) is 31.2 Å². The Morgan fingerprint density at radius 3 is 1.73 bits per heavy atom. The molecule has 0 aliphatic heterocycles. The third kappa shape index (κ3) is 11.6. The van der Waals surface area contributed by atoms with Gasteiger partial charge in [-0.2, -0.15) is 0 Å². The molecule has 0 aliphatic carbocycles. The van der Waals surface area contributed by atoms with Crippen LogP contribution in [0.4, 0.5) is 0 Å². The molecule has 0 saturated heterocycles. The number of carbonyl (C=O) groups is 7. The molecule has 17 nitrogen and oxygen atoms in total. The first-order chi connectivity index (χ1) is 17.3. The number of primary amides is 1. The Bertz CT molecular complexity index is 998. The first-order valence-corrected chi connectivity index (χ1v) is 10.9. The average Bonchev–Trinajstić information content (AvgIpc) is 3.30. The summed E-state index contributed by atoms with van der Waals surface area (Å²) in [7, 11) is 0. The summed E-state index contributed by atoms with van der Waals surface area (Å²) in [6.45, 7) is 0. The average molecular weight is 527 g/mol. The minimum Gasteiger partial charge on any atom is -0.481 e. The number of carbonyl (C=O) groups excluding carboxylic acids is 4. The molecule has 0 spiro atoms. The highest BCUT2D eigenvalue weighted by Crippen LogP contribution is 2.06. The van der Waals surface area contributed by atoms with Gasteiger partial charge >= 0.3 is 17.9 Å². The molecule has 0 fully saturated rings. The minimum atomic E-state index is -1.56. The lowest BCUT2D eigenvalue weighted by molar-refractivity contribution is -0.143. The van der Waals surface area contributed by atoms with Crippen molar-refractivity contribution in [2.45, 2.75) is 62.7 Å². The summed E-state index contributed by atoms with van der Waals surface area (Å²) in [5, 5.41) is 34.0. The third-order valence-corrected chi connectivity index (χ3v) is 4.91. The number of carboxylic acid groups (broad SMARTS) is 3. The largest absolute Gasteiger partial charge is 0.481 e. The fourth-order valence-electron chi connectivity index (χ4n) is 3.02. The number of aromatic amines is 1. The summed E-state index contributed by atoms with van der Waals surface area (Å²) in [5.74, 6) is -8.03. The Morgan fingerprint density at radius 2 is 1.32 bits per heavy atom. The van der Waals surface area contributed by atoms with E-state index in [1.807, 2.05) is 0 Å². The number of aliphatic carboxylic acids is 3. The molecule has 17 heteroatoms. The molecule has 0 aromatic carbocycles. The molecule has 1 aromatic rings. The second-order valence-corrected chi connectivity index (χ2v) is 7.94. The number of nitrogens with zero attached hydrogens (tertiary/aromatic N) is 1. The molecule has 1 aromatic heterocycles. The Hall–Kier alpha value is -4.54. The first kappa shape index (κ1) is 30.5. The van der Waals surface area contributed by atoms with E-state index in [4.69, 9.17) is 21.7 Å². The Balaban J connectivity index is 3.04. The molecular formula is C20H29N7O10. The van der Waals surface area contributed by atoms with Crippen LogP contribution in [0.3, 0.4) is 0 Å². The van der Waals surface area contributed by atoms with Gasteiger partial charge in [0.05, 0.1) is 18.8 Å². The van der Waals surface area contributed by atoms with E-state index < -0.39 is 97.8 Å². The molecule has 1 heterocycles. The van der Waals surface area contributed by atoms with Gasteiger partial charge in [-0.15, -0.1) is 0 Å². The van der Waals surface area contributed by atoms with Gasteiger partial charge in [0.15, 0.2) is 0 Å². The van der Waals surface area contributed by atoms with Gasteiger partial charge < -0.3 is 47.7 Å². The topological polar surface area (TPSA) is 297 Å². The fourth-order valence-corrected chi connectivity index (χ4v) is 3.02. The number of carboxylic acids is 3. The van der Waals surface area contributed by atoms with Crippen molar-refractivity contribution >= 4 is 41.5 Å². The van der Waals surface area contributed by atoms with Crippen LogP contribution >= 0.6 is 0 Å². The second kappa shape index (κ2) is 14.8. The second-order valence-electron chi connectivity index (χ2n) is 7.94. The zero-order valence-corrected chi connectivity index (χ0v) is 19.5. The molecule has 1 rings (SSSR count).